The van der Waals surface area contributed by atoms with E-state index >= 15 is 0 Å². The highest BCUT2D eigenvalue weighted by Crippen LogP contribution is 2.35. The van der Waals surface area contributed by atoms with Gasteiger partial charge in [0.1, 0.15) is 22.3 Å². The Kier molecular flexibility index (Phi) is 11.1. The van der Waals surface area contributed by atoms with Gasteiger partial charge in [0.15, 0.2) is 5.13 Å². The number of hydrogen-bond donors (Lipinski definition) is 3. The van der Waals surface area contributed by atoms with Crippen LogP contribution in [0.1, 0.15) is 69.3 Å². The fourth-order valence-corrected chi connectivity index (χ4v) is 5.88. The lowest BCUT2D eigenvalue weighted by Crippen LogP contribution is -2.28. The fraction of sp³-hybridized carbons (Fsp3) is 0.387. The number of rotatable bonds is 9. The number of nitrogens with two attached hydrogens (primary N) is 1. The lowest BCUT2D eigenvalue weighted by atomic mass is 10.1. The molecule has 13 heteroatoms. The highest BCUT2D eigenvalue weighted by molar-refractivity contribution is 7.19. The van der Waals surface area contributed by atoms with E-state index in [0.29, 0.717) is 11.6 Å². The van der Waals surface area contributed by atoms with Crippen molar-refractivity contribution in [3.05, 3.63) is 59.2 Å². The predicted octanol–water partition coefficient (Wildman–Crippen LogP) is 6.76. The molecule has 1 aliphatic heterocycles. The van der Waals surface area contributed by atoms with E-state index in [1.807, 2.05) is 13.0 Å². The van der Waals surface area contributed by atoms with Gasteiger partial charge in [-0.25, -0.2) is 13.8 Å². The molecule has 4 N–H and O–H groups in total. The summed E-state index contributed by atoms with van der Waals surface area (Å²) >= 11 is 0.993. The molecule has 10 nitrogen and oxygen atoms in total. The minimum Gasteiger partial charge on any atom is -0.382 e. The number of amides is 2. The summed E-state index contributed by atoms with van der Waals surface area (Å²) in [5.74, 6) is -3.02. The van der Waals surface area contributed by atoms with E-state index in [4.69, 9.17) is 10.3 Å². The van der Waals surface area contributed by atoms with Crippen LogP contribution in [0.25, 0.3) is 22.2 Å². The molecule has 1 saturated heterocycles. The molecule has 44 heavy (non-hydrogen) atoms. The first-order valence-corrected chi connectivity index (χ1v) is 15.5. The van der Waals surface area contributed by atoms with Crippen molar-refractivity contribution < 1.29 is 22.9 Å². The highest BCUT2D eigenvalue weighted by Gasteiger charge is 2.23. The second kappa shape index (κ2) is 15.0. The fourth-order valence-electron chi connectivity index (χ4n) is 5.03. The number of benzene rings is 2. The third kappa shape index (κ3) is 8.03. The normalized spacial score (nSPS) is 14.6. The second-order valence-electron chi connectivity index (χ2n) is 10.4. The van der Waals surface area contributed by atoms with Gasteiger partial charge in [-0.3, -0.25) is 9.59 Å². The molecule has 2 amide bonds. The van der Waals surface area contributed by atoms with Crippen LogP contribution in [-0.4, -0.2) is 51.0 Å². The van der Waals surface area contributed by atoms with E-state index in [9.17, 15) is 18.4 Å². The van der Waals surface area contributed by atoms with Crippen molar-refractivity contribution in [2.75, 3.05) is 29.5 Å². The maximum absolute atomic E-state index is 14.6. The largest absolute Gasteiger partial charge is 0.382 e. The molecule has 5 rings (SSSR count). The van der Waals surface area contributed by atoms with Gasteiger partial charge in [-0.1, -0.05) is 55.8 Å². The molecule has 2 aromatic carbocycles. The number of nitrogen functional groups attached to an aromatic ring is 1. The summed E-state index contributed by atoms with van der Waals surface area (Å²) in [7, 11) is 0. The number of likely N-dealkylation sites (tertiary alicyclic amines) is 1. The summed E-state index contributed by atoms with van der Waals surface area (Å²) in [5.41, 5.74) is 6.68. The smallest absolute Gasteiger partial charge is 0.272 e. The van der Waals surface area contributed by atoms with Crippen molar-refractivity contribution in [2.45, 2.75) is 65.8 Å². The van der Waals surface area contributed by atoms with Crippen LogP contribution in [0.4, 0.5) is 25.4 Å². The molecule has 3 heterocycles. The Morgan fingerprint density at radius 3 is 2.61 bits per heavy atom. The molecule has 2 aromatic heterocycles. The molecule has 1 aliphatic rings. The zero-order chi connectivity index (χ0) is 31.8. The number of halogens is 2. The van der Waals surface area contributed by atoms with Gasteiger partial charge in [0.2, 0.25) is 11.7 Å². The predicted molar refractivity (Wildman–Crippen MR) is 168 cm³/mol. The first-order chi connectivity index (χ1) is 21.1. The summed E-state index contributed by atoms with van der Waals surface area (Å²) in [6.07, 6.45) is 6.36. The molecular weight excluding hydrogens is 588 g/mol. The highest BCUT2D eigenvalue weighted by atomic mass is 32.1. The van der Waals surface area contributed by atoms with E-state index in [1.165, 1.54) is 45.7 Å². The number of carbonyl (C=O) groups is 2. The number of nitrogens with zero attached hydrogens (tertiary/aromatic N) is 4. The molecule has 1 unspecified atom stereocenters. The van der Waals surface area contributed by atoms with Gasteiger partial charge >= 0.3 is 0 Å². The Balaban J connectivity index is 0.000000375. The van der Waals surface area contributed by atoms with E-state index in [-0.39, 0.29) is 44.7 Å². The SMILES string of the molecule is CCCC1CCCN1CC.CCc1cccc(C(=O)Nc2cc(-c3noc(-c4sc(NC(C)=O)nc4N)n3)c(F)cc2F)c1. The van der Waals surface area contributed by atoms with Gasteiger partial charge in [0.25, 0.3) is 11.8 Å². The minimum absolute atomic E-state index is 0.0331. The molecule has 0 bridgehead atoms. The number of anilines is 3. The standard InChI is InChI=1S/C22H18F2N6O3S.C9H19N/c1-3-11-5-4-6-12(7-11)20(32)27-16-8-13(14(23)9-15(16)24)19-29-21(33-30-19)17-18(25)28-22(34-17)26-10(2)31;1-3-6-9-7-5-8-10(9)4-2/h4-9H,3,25H2,1-2H3,(H,27,32)(H,26,28,31);9H,3-8H2,1-2H3. The Morgan fingerprint density at radius 2 is 1.91 bits per heavy atom. The lowest BCUT2D eigenvalue weighted by Gasteiger charge is -2.21. The van der Waals surface area contributed by atoms with E-state index in [0.717, 1.165) is 35.4 Å². The lowest BCUT2D eigenvalue weighted by molar-refractivity contribution is -0.114. The Hall–Kier alpha value is -4.23. The van der Waals surface area contributed by atoms with Crippen LogP contribution in [0.5, 0.6) is 0 Å². The number of hydrogen-bond acceptors (Lipinski definition) is 9. The summed E-state index contributed by atoms with van der Waals surface area (Å²) < 4.78 is 34.2. The van der Waals surface area contributed by atoms with Gasteiger partial charge in [-0.15, -0.1) is 0 Å². The number of carbonyl (C=O) groups excluding carboxylic acids is 2. The van der Waals surface area contributed by atoms with Crippen LogP contribution in [-0.2, 0) is 11.2 Å². The molecule has 0 aliphatic carbocycles. The molecule has 1 atom stereocenters. The van der Waals surface area contributed by atoms with Crippen molar-refractivity contribution in [1.82, 2.24) is 20.0 Å². The maximum Gasteiger partial charge on any atom is 0.272 e. The number of aryl methyl sites for hydroxylation is 1. The molecule has 4 aromatic rings. The third-order valence-corrected chi connectivity index (χ3v) is 8.20. The molecule has 0 spiro atoms. The van der Waals surface area contributed by atoms with Crippen LogP contribution in [0, 0.1) is 11.6 Å². The Morgan fingerprint density at radius 1 is 1.11 bits per heavy atom. The van der Waals surface area contributed by atoms with Crippen LogP contribution in [0.3, 0.4) is 0 Å². The van der Waals surface area contributed by atoms with Gasteiger partial charge in [-0.05, 0) is 62.5 Å². The summed E-state index contributed by atoms with van der Waals surface area (Å²) in [4.78, 5) is 34.8. The van der Waals surface area contributed by atoms with Crippen molar-refractivity contribution in [1.29, 1.82) is 0 Å². The molecule has 234 valence electrons. The summed E-state index contributed by atoms with van der Waals surface area (Å²) in [6.45, 7) is 10.4. The maximum atomic E-state index is 14.6. The van der Waals surface area contributed by atoms with Crippen LogP contribution in [0.2, 0.25) is 0 Å². The zero-order valence-electron chi connectivity index (χ0n) is 25.2. The molecule has 1 fully saturated rings. The summed E-state index contributed by atoms with van der Waals surface area (Å²) in [6, 6.07) is 9.52. The minimum atomic E-state index is -0.961. The quantitative estimate of drug-likeness (QED) is 0.185. The van der Waals surface area contributed by atoms with Gasteiger partial charge < -0.3 is 25.8 Å². The Labute approximate surface area is 259 Å². The average Bonchev–Trinajstić information content (AvgIpc) is 3.74. The van der Waals surface area contributed by atoms with E-state index in [2.05, 4.69) is 44.5 Å². The van der Waals surface area contributed by atoms with E-state index in [1.54, 1.807) is 18.2 Å². The van der Waals surface area contributed by atoms with Gasteiger partial charge in [0, 0.05) is 24.6 Å². The first kappa shape index (κ1) is 32.7. The van der Waals surface area contributed by atoms with Crippen molar-refractivity contribution in [3.8, 4) is 22.2 Å². The third-order valence-electron chi connectivity index (χ3n) is 7.23. The molecule has 0 saturated carbocycles. The molecular formula is C31H37F2N7O3S. The van der Waals surface area contributed by atoms with Crippen LogP contribution < -0.4 is 16.4 Å². The number of nitrogens with one attached hydrogen (secondary N) is 2. The van der Waals surface area contributed by atoms with Crippen molar-refractivity contribution >= 4 is 39.8 Å². The zero-order valence-corrected chi connectivity index (χ0v) is 26.1. The molecule has 0 radical (unpaired) electrons. The van der Waals surface area contributed by atoms with E-state index < -0.39 is 17.5 Å². The Bertz CT molecular complexity index is 1610. The van der Waals surface area contributed by atoms with Gasteiger partial charge in [-0.2, -0.15) is 4.98 Å². The van der Waals surface area contributed by atoms with Crippen molar-refractivity contribution in [2.24, 2.45) is 0 Å². The number of thiazole rings is 1. The van der Waals surface area contributed by atoms with Crippen LogP contribution in [0.15, 0.2) is 40.9 Å². The second-order valence-corrected chi connectivity index (χ2v) is 11.4. The number of aromatic nitrogens is 3. The topological polar surface area (TPSA) is 139 Å². The average molecular weight is 626 g/mol. The summed E-state index contributed by atoms with van der Waals surface area (Å²) in [5, 5.41) is 8.91. The van der Waals surface area contributed by atoms with Gasteiger partial charge in [0.05, 0.1) is 11.3 Å². The first-order valence-electron chi connectivity index (χ1n) is 14.6. The monoisotopic (exact) mass is 625 g/mol. The van der Waals surface area contributed by atoms with Crippen LogP contribution >= 0.6 is 11.3 Å². The van der Waals surface area contributed by atoms with Crippen molar-refractivity contribution in [3.63, 3.8) is 0 Å².